The molecule has 0 bridgehead atoms. The zero-order valence-corrected chi connectivity index (χ0v) is 19.3. The Labute approximate surface area is 200 Å². The first-order valence-corrected chi connectivity index (χ1v) is 10.7. The molecular formula is C24H26F3N3O5. The predicted molar refractivity (Wildman–Crippen MR) is 123 cm³/mol. The molecule has 0 aliphatic carbocycles. The summed E-state index contributed by atoms with van der Waals surface area (Å²) in [6.45, 7) is 2.04. The monoisotopic (exact) mass is 493 g/mol. The molecule has 0 spiro atoms. The first kappa shape index (κ1) is 25.9. The lowest BCUT2D eigenvalue weighted by atomic mass is 10.2. The van der Waals surface area contributed by atoms with Crippen molar-refractivity contribution < 1.29 is 37.0 Å². The third-order valence-electron chi connectivity index (χ3n) is 5.21. The molecule has 1 N–H and O–H groups in total. The van der Waals surface area contributed by atoms with Gasteiger partial charge in [0.1, 0.15) is 17.2 Å². The highest BCUT2D eigenvalue weighted by molar-refractivity contribution is 5.93. The van der Waals surface area contributed by atoms with Crippen molar-refractivity contribution in [2.75, 3.05) is 52.3 Å². The average Bonchev–Trinajstić information content (AvgIpc) is 2.83. The van der Waals surface area contributed by atoms with Crippen LogP contribution in [-0.4, -0.2) is 74.9 Å². The third kappa shape index (κ3) is 8.21. The first-order valence-electron chi connectivity index (χ1n) is 10.7. The smallest absolute Gasteiger partial charge is 0.497 e. The molecule has 2 amide bonds. The van der Waals surface area contributed by atoms with Crippen LogP contribution in [0.25, 0.3) is 6.08 Å². The normalized spacial score (nSPS) is 14.6. The molecule has 0 saturated carbocycles. The minimum Gasteiger partial charge on any atom is -0.497 e. The molecule has 11 heteroatoms. The van der Waals surface area contributed by atoms with Crippen molar-refractivity contribution in [3.8, 4) is 17.2 Å². The Hall–Kier alpha value is -3.73. The van der Waals surface area contributed by atoms with Crippen LogP contribution in [-0.2, 0) is 9.59 Å². The number of ether oxygens (including phenoxy) is 3. The molecule has 1 saturated heterocycles. The van der Waals surface area contributed by atoms with Crippen LogP contribution in [0.4, 0.5) is 18.9 Å². The number of carbonyl (C=O) groups excluding carboxylic acids is 2. The van der Waals surface area contributed by atoms with Crippen molar-refractivity contribution in [3.63, 3.8) is 0 Å². The number of nitrogens with one attached hydrogen (secondary N) is 1. The maximum Gasteiger partial charge on any atom is 0.573 e. The predicted octanol–water partition coefficient (Wildman–Crippen LogP) is 3.40. The van der Waals surface area contributed by atoms with Crippen LogP contribution < -0.4 is 19.5 Å². The van der Waals surface area contributed by atoms with Gasteiger partial charge in [0, 0.05) is 44.0 Å². The highest BCUT2D eigenvalue weighted by atomic mass is 19.4. The van der Waals surface area contributed by atoms with Crippen LogP contribution in [0.15, 0.2) is 48.5 Å². The van der Waals surface area contributed by atoms with Crippen LogP contribution in [0.2, 0.25) is 0 Å². The van der Waals surface area contributed by atoms with Gasteiger partial charge in [-0.25, -0.2) is 0 Å². The summed E-state index contributed by atoms with van der Waals surface area (Å²) in [5, 5.41) is 2.64. The van der Waals surface area contributed by atoms with Crippen LogP contribution in [0.1, 0.15) is 5.56 Å². The van der Waals surface area contributed by atoms with Crippen molar-refractivity contribution in [2.24, 2.45) is 0 Å². The highest BCUT2D eigenvalue weighted by Crippen LogP contribution is 2.24. The summed E-state index contributed by atoms with van der Waals surface area (Å²) in [5.74, 6) is 0.428. The molecule has 1 heterocycles. The number of benzene rings is 2. The number of piperazine rings is 1. The summed E-state index contributed by atoms with van der Waals surface area (Å²) in [6.07, 6.45) is -1.59. The van der Waals surface area contributed by atoms with E-state index in [1.54, 1.807) is 43.4 Å². The van der Waals surface area contributed by atoms with E-state index in [2.05, 4.69) is 10.1 Å². The van der Waals surface area contributed by atoms with Gasteiger partial charge in [0.05, 0.1) is 20.8 Å². The second-order valence-electron chi connectivity index (χ2n) is 7.70. The highest BCUT2D eigenvalue weighted by Gasteiger charge is 2.31. The minimum atomic E-state index is -4.77. The number of alkyl halides is 3. The van der Waals surface area contributed by atoms with Gasteiger partial charge in [-0.1, -0.05) is 0 Å². The number of carbonyl (C=O) groups is 2. The van der Waals surface area contributed by atoms with Gasteiger partial charge in [-0.3, -0.25) is 14.5 Å². The zero-order chi connectivity index (χ0) is 25.4. The van der Waals surface area contributed by atoms with Crippen molar-refractivity contribution in [2.45, 2.75) is 6.36 Å². The van der Waals surface area contributed by atoms with E-state index in [1.165, 1.54) is 18.2 Å². The van der Waals surface area contributed by atoms with Crippen molar-refractivity contribution in [3.05, 3.63) is 54.1 Å². The Balaban J connectivity index is 1.45. The molecule has 0 aromatic heterocycles. The average molecular weight is 493 g/mol. The number of halogens is 3. The van der Waals surface area contributed by atoms with E-state index >= 15 is 0 Å². The number of hydrogen-bond acceptors (Lipinski definition) is 6. The zero-order valence-electron chi connectivity index (χ0n) is 19.3. The van der Waals surface area contributed by atoms with Gasteiger partial charge in [0.2, 0.25) is 11.8 Å². The van der Waals surface area contributed by atoms with Gasteiger partial charge in [-0.15, -0.1) is 13.2 Å². The largest absolute Gasteiger partial charge is 0.573 e. The number of hydrogen-bond donors (Lipinski definition) is 1. The quantitative estimate of drug-likeness (QED) is 0.568. The molecule has 1 fully saturated rings. The SMILES string of the molecule is COc1cc(C=CC(=O)N2CCN(CC(=O)Nc3ccc(OC(F)(F)F)cc3)CC2)cc(OC)c1. The summed E-state index contributed by atoms with van der Waals surface area (Å²) in [5.41, 5.74) is 1.13. The van der Waals surface area contributed by atoms with Gasteiger partial charge in [0.15, 0.2) is 0 Å². The maximum absolute atomic E-state index is 12.6. The van der Waals surface area contributed by atoms with E-state index in [4.69, 9.17) is 9.47 Å². The van der Waals surface area contributed by atoms with Gasteiger partial charge in [0.25, 0.3) is 0 Å². The summed E-state index contributed by atoms with van der Waals surface area (Å²) in [4.78, 5) is 28.5. The molecule has 1 aliphatic rings. The van der Waals surface area contributed by atoms with Crippen molar-refractivity contribution >= 4 is 23.6 Å². The van der Waals surface area contributed by atoms with E-state index in [0.29, 0.717) is 43.4 Å². The Kier molecular flexibility index (Phi) is 8.58. The van der Waals surface area contributed by atoms with Crippen LogP contribution in [0.5, 0.6) is 17.2 Å². The fourth-order valence-corrected chi connectivity index (χ4v) is 3.47. The molecular weight excluding hydrogens is 467 g/mol. The second kappa shape index (κ2) is 11.6. The van der Waals surface area contributed by atoms with Crippen LogP contribution in [0.3, 0.4) is 0 Å². The third-order valence-corrected chi connectivity index (χ3v) is 5.21. The summed E-state index contributed by atoms with van der Waals surface area (Å²) < 4.78 is 51.0. The van der Waals surface area contributed by atoms with E-state index in [1.807, 2.05) is 4.90 Å². The minimum absolute atomic E-state index is 0.0995. The molecule has 2 aromatic rings. The van der Waals surface area contributed by atoms with Gasteiger partial charge in [-0.2, -0.15) is 0 Å². The van der Waals surface area contributed by atoms with Crippen LogP contribution in [0, 0.1) is 0 Å². The molecule has 3 rings (SSSR count). The summed E-state index contributed by atoms with van der Waals surface area (Å²) >= 11 is 0. The lowest BCUT2D eigenvalue weighted by Crippen LogP contribution is -2.50. The van der Waals surface area contributed by atoms with Crippen molar-refractivity contribution in [1.29, 1.82) is 0 Å². The number of anilines is 1. The number of amides is 2. The number of methoxy groups -OCH3 is 2. The molecule has 35 heavy (non-hydrogen) atoms. The Morgan fingerprint density at radius 1 is 0.943 bits per heavy atom. The standard InChI is InChI=1S/C24H26F3N3O5/c1-33-20-13-17(14-21(15-20)34-2)3-8-23(32)30-11-9-29(10-12-30)16-22(31)28-18-4-6-19(7-5-18)35-24(25,26)27/h3-8,13-15H,9-12,16H2,1-2H3,(H,28,31). The van der Waals surface area contributed by atoms with Crippen molar-refractivity contribution in [1.82, 2.24) is 9.80 Å². The summed E-state index contributed by atoms with van der Waals surface area (Å²) in [6, 6.07) is 10.2. The van der Waals surface area contributed by atoms with E-state index < -0.39 is 6.36 Å². The van der Waals surface area contributed by atoms with E-state index in [9.17, 15) is 22.8 Å². The van der Waals surface area contributed by atoms with Gasteiger partial charge < -0.3 is 24.4 Å². The molecule has 0 unspecified atom stereocenters. The fraction of sp³-hybridized carbons (Fsp3) is 0.333. The molecule has 2 aromatic carbocycles. The number of rotatable bonds is 8. The molecule has 0 radical (unpaired) electrons. The molecule has 1 aliphatic heterocycles. The topological polar surface area (TPSA) is 80.3 Å². The molecule has 0 atom stereocenters. The number of nitrogens with zero attached hydrogens (tertiary/aromatic N) is 2. The molecule has 188 valence electrons. The Bertz CT molecular complexity index is 1030. The van der Waals surface area contributed by atoms with Crippen LogP contribution >= 0.6 is 0 Å². The molecule has 8 nitrogen and oxygen atoms in total. The lowest BCUT2D eigenvalue weighted by Gasteiger charge is -2.33. The van der Waals surface area contributed by atoms with Gasteiger partial charge in [-0.05, 0) is 48.0 Å². The van der Waals surface area contributed by atoms with E-state index in [0.717, 1.165) is 17.7 Å². The summed E-state index contributed by atoms with van der Waals surface area (Å²) in [7, 11) is 3.10. The second-order valence-corrected chi connectivity index (χ2v) is 7.70. The van der Waals surface area contributed by atoms with E-state index in [-0.39, 0.29) is 24.1 Å². The van der Waals surface area contributed by atoms with Gasteiger partial charge >= 0.3 is 6.36 Å². The Morgan fingerprint density at radius 2 is 1.54 bits per heavy atom. The fourth-order valence-electron chi connectivity index (χ4n) is 3.47. The lowest BCUT2D eigenvalue weighted by molar-refractivity contribution is -0.274. The maximum atomic E-state index is 12.6. The first-order chi connectivity index (χ1) is 16.6. The Morgan fingerprint density at radius 3 is 2.09 bits per heavy atom.